The summed E-state index contributed by atoms with van der Waals surface area (Å²) < 4.78 is 4.81. The molecule has 1 rings (SSSR count). The van der Waals surface area contributed by atoms with Gasteiger partial charge in [0.05, 0.1) is 6.61 Å². The highest BCUT2D eigenvalue weighted by Gasteiger charge is 2.06. The van der Waals surface area contributed by atoms with Gasteiger partial charge in [-0.15, -0.1) is 0 Å². The van der Waals surface area contributed by atoms with Crippen LogP contribution in [0.2, 0.25) is 0 Å². The predicted octanol–water partition coefficient (Wildman–Crippen LogP) is 1.98. The third-order valence-corrected chi connectivity index (χ3v) is 2.60. The fourth-order valence-electron chi connectivity index (χ4n) is 1.81. The summed E-state index contributed by atoms with van der Waals surface area (Å²) in [6.07, 6.45) is 8.70. The summed E-state index contributed by atoms with van der Waals surface area (Å²) in [5.74, 6) is -0.229. The van der Waals surface area contributed by atoms with Crippen molar-refractivity contribution in [3.05, 3.63) is 12.2 Å². The summed E-state index contributed by atoms with van der Waals surface area (Å²) >= 11 is 0. The lowest BCUT2D eigenvalue weighted by molar-refractivity contribution is -0.137. The molecule has 0 amide bonds. The average Bonchev–Trinajstić information content (AvgIpc) is 2.47. The number of carbonyl (C=O) groups is 1. The van der Waals surface area contributed by atoms with Crippen molar-refractivity contribution >= 4 is 5.97 Å². The molecule has 0 saturated carbocycles. The summed E-state index contributed by atoms with van der Waals surface area (Å²) in [6.45, 7) is 5.46. The second-order valence-electron chi connectivity index (χ2n) is 3.87. The van der Waals surface area contributed by atoms with Crippen molar-refractivity contribution in [2.75, 3.05) is 26.2 Å². The van der Waals surface area contributed by atoms with Crippen LogP contribution in [0.3, 0.4) is 0 Å². The van der Waals surface area contributed by atoms with Crippen LogP contribution in [-0.2, 0) is 9.53 Å². The Morgan fingerprint density at radius 1 is 1.27 bits per heavy atom. The Morgan fingerprint density at radius 2 is 1.93 bits per heavy atom. The zero-order chi connectivity index (χ0) is 10.9. The molecule has 1 heterocycles. The van der Waals surface area contributed by atoms with Crippen LogP contribution in [0.5, 0.6) is 0 Å². The molecular weight excluding hydrogens is 190 g/mol. The SMILES string of the molecule is CCOC(=O)/C=C/CN1CCCCCC1. The van der Waals surface area contributed by atoms with Gasteiger partial charge in [0, 0.05) is 12.6 Å². The molecular formula is C12H21NO2. The van der Waals surface area contributed by atoms with Crippen LogP contribution in [0, 0.1) is 0 Å². The minimum Gasteiger partial charge on any atom is -0.463 e. The van der Waals surface area contributed by atoms with E-state index in [1.807, 2.05) is 13.0 Å². The zero-order valence-electron chi connectivity index (χ0n) is 9.58. The molecule has 0 aromatic rings. The standard InChI is InChI=1S/C12H21NO2/c1-2-15-12(14)8-7-11-13-9-5-3-4-6-10-13/h7-8H,2-6,9-11H2,1H3/b8-7+. The first kappa shape index (κ1) is 12.2. The lowest BCUT2D eigenvalue weighted by Gasteiger charge is -2.16. The highest BCUT2D eigenvalue weighted by Crippen LogP contribution is 2.08. The van der Waals surface area contributed by atoms with Crippen molar-refractivity contribution in [3.63, 3.8) is 0 Å². The second-order valence-corrected chi connectivity index (χ2v) is 3.87. The predicted molar refractivity (Wildman–Crippen MR) is 60.7 cm³/mol. The fraction of sp³-hybridized carbons (Fsp3) is 0.750. The molecule has 1 saturated heterocycles. The number of ether oxygens (including phenoxy) is 1. The first-order valence-corrected chi connectivity index (χ1v) is 5.88. The molecule has 0 aliphatic carbocycles. The van der Waals surface area contributed by atoms with Gasteiger partial charge in [-0.25, -0.2) is 4.79 Å². The molecule has 1 fully saturated rings. The van der Waals surface area contributed by atoms with Crippen molar-refractivity contribution in [1.82, 2.24) is 4.90 Å². The van der Waals surface area contributed by atoms with E-state index < -0.39 is 0 Å². The topological polar surface area (TPSA) is 29.5 Å². The molecule has 0 atom stereocenters. The smallest absolute Gasteiger partial charge is 0.330 e. The molecule has 0 radical (unpaired) electrons. The van der Waals surface area contributed by atoms with Gasteiger partial charge in [0.15, 0.2) is 0 Å². The van der Waals surface area contributed by atoms with Crippen LogP contribution < -0.4 is 0 Å². The van der Waals surface area contributed by atoms with Crippen molar-refractivity contribution in [1.29, 1.82) is 0 Å². The maximum atomic E-state index is 11.0. The van der Waals surface area contributed by atoms with Crippen LogP contribution in [0.15, 0.2) is 12.2 Å². The Kier molecular flexibility index (Phi) is 6.09. The van der Waals surface area contributed by atoms with Crippen molar-refractivity contribution in [3.8, 4) is 0 Å². The molecule has 0 spiro atoms. The number of esters is 1. The van der Waals surface area contributed by atoms with Crippen LogP contribution in [0.25, 0.3) is 0 Å². The number of carbonyl (C=O) groups excluding carboxylic acids is 1. The first-order chi connectivity index (χ1) is 7.33. The van der Waals surface area contributed by atoms with E-state index in [1.165, 1.54) is 31.8 Å². The minimum absolute atomic E-state index is 0.229. The molecule has 0 aromatic carbocycles. The summed E-state index contributed by atoms with van der Waals surface area (Å²) in [5.41, 5.74) is 0. The van der Waals surface area contributed by atoms with E-state index in [0.717, 1.165) is 19.6 Å². The van der Waals surface area contributed by atoms with Crippen LogP contribution in [0.1, 0.15) is 32.6 Å². The van der Waals surface area contributed by atoms with E-state index in [9.17, 15) is 4.79 Å². The quantitative estimate of drug-likeness (QED) is 0.526. The normalized spacial score (nSPS) is 19.0. The average molecular weight is 211 g/mol. The lowest BCUT2D eigenvalue weighted by atomic mass is 10.2. The maximum absolute atomic E-state index is 11.0. The van der Waals surface area contributed by atoms with Gasteiger partial charge in [-0.1, -0.05) is 18.9 Å². The van der Waals surface area contributed by atoms with E-state index in [1.54, 1.807) is 0 Å². The molecule has 1 aliphatic rings. The number of likely N-dealkylation sites (tertiary alicyclic amines) is 1. The number of hydrogen-bond acceptors (Lipinski definition) is 3. The molecule has 3 nitrogen and oxygen atoms in total. The van der Waals surface area contributed by atoms with E-state index >= 15 is 0 Å². The van der Waals surface area contributed by atoms with Gasteiger partial charge in [0.1, 0.15) is 0 Å². The number of nitrogens with zero attached hydrogens (tertiary/aromatic N) is 1. The molecule has 0 N–H and O–H groups in total. The summed E-state index contributed by atoms with van der Waals surface area (Å²) in [6, 6.07) is 0. The Hall–Kier alpha value is -0.830. The number of hydrogen-bond donors (Lipinski definition) is 0. The first-order valence-electron chi connectivity index (χ1n) is 5.88. The van der Waals surface area contributed by atoms with Crippen molar-refractivity contribution < 1.29 is 9.53 Å². The summed E-state index contributed by atoms with van der Waals surface area (Å²) in [5, 5.41) is 0. The zero-order valence-corrected chi connectivity index (χ0v) is 9.58. The lowest BCUT2D eigenvalue weighted by Crippen LogP contribution is -2.24. The van der Waals surface area contributed by atoms with Gasteiger partial charge in [0.2, 0.25) is 0 Å². The molecule has 0 aromatic heterocycles. The molecule has 0 unspecified atom stereocenters. The number of rotatable bonds is 4. The van der Waals surface area contributed by atoms with Gasteiger partial charge in [-0.3, -0.25) is 4.90 Å². The van der Waals surface area contributed by atoms with E-state index in [2.05, 4.69) is 4.90 Å². The van der Waals surface area contributed by atoms with Gasteiger partial charge in [0.25, 0.3) is 0 Å². The Labute approximate surface area is 92.1 Å². The summed E-state index contributed by atoms with van der Waals surface area (Å²) in [7, 11) is 0. The van der Waals surface area contributed by atoms with Crippen molar-refractivity contribution in [2.45, 2.75) is 32.6 Å². The van der Waals surface area contributed by atoms with Gasteiger partial charge >= 0.3 is 5.97 Å². The highest BCUT2D eigenvalue weighted by atomic mass is 16.5. The van der Waals surface area contributed by atoms with E-state index in [4.69, 9.17) is 4.74 Å². The molecule has 3 heteroatoms. The van der Waals surface area contributed by atoms with Crippen molar-refractivity contribution in [2.24, 2.45) is 0 Å². The Bertz CT molecular complexity index is 206. The third-order valence-electron chi connectivity index (χ3n) is 2.60. The van der Waals surface area contributed by atoms with E-state index in [0.29, 0.717) is 6.61 Å². The fourth-order valence-corrected chi connectivity index (χ4v) is 1.81. The monoisotopic (exact) mass is 211 g/mol. The van der Waals surface area contributed by atoms with Gasteiger partial charge in [-0.2, -0.15) is 0 Å². The van der Waals surface area contributed by atoms with Gasteiger partial charge in [-0.05, 0) is 32.9 Å². The maximum Gasteiger partial charge on any atom is 0.330 e. The summed E-state index contributed by atoms with van der Waals surface area (Å²) in [4.78, 5) is 13.4. The Balaban J connectivity index is 2.19. The Morgan fingerprint density at radius 3 is 2.53 bits per heavy atom. The molecule has 1 aliphatic heterocycles. The van der Waals surface area contributed by atoms with Gasteiger partial charge < -0.3 is 4.74 Å². The van der Waals surface area contributed by atoms with Crippen LogP contribution in [0.4, 0.5) is 0 Å². The molecule has 0 bridgehead atoms. The highest BCUT2D eigenvalue weighted by molar-refractivity contribution is 5.81. The van der Waals surface area contributed by atoms with E-state index in [-0.39, 0.29) is 5.97 Å². The molecule has 86 valence electrons. The van der Waals surface area contributed by atoms with Crippen LogP contribution >= 0.6 is 0 Å². The second kappa shape index (κ2) is 7.46. The largest absolute Gasteiger partial charge is 0.463 e. The minimum atomic E-state index is -0.229. The molecule has 15 heavy (non-hydrogen) atoms. The van der Waals surface area contributed by atoms with Crippen LogP contribution in [-0.4, -0.2) is 37.1 Å². The third kappa shape index (κ3) is 5.57.